The van der Waals surface area contributed by atoms with Crippen molar-refractivity contribution in [1.82, 2.24) is 5.32 Å². The summed E-state index contributed by atoms with van der Waals surface area (Å²) in [4.78, 5) is 23.8. The Kier molecular flexibility index (Phi) is 4.90. The van der Waals surface area contributed by atoms with Gasteiger partial charge >= 0.3 is 0 Å². The summed E-state index contributed by atoms with van der Waals surface area (Å²) in [6.45, 7) is 0.192. The van der Waals surface area contributed by atoms with Crippen molar-refractivity contribution in [2.45, 2.75) is 12.6 Å². The van der Waals surface area contributed by atoms with Crippen molar-refractivity contribution >= 4 is 11.8 Å². The Morgan fingerprint density at radius 2 is 2.00 bits per heavy atom. The number of halogens is 1. The van der Waals surface area contributed by atoms with Crippen LogP contribution in [0, 0.1) is 5.82 Å². The molecule has 1 aromatic carbocycles. The van der Waals surface area contributed by atoms with E-state index in [-0.39, 0.29) is 12.4 Å². The summed E-state index contributed by atoms with van der Waals surface area (Å²) in [5.41, 5.74) is 6.22. The van der Waals surface area contributed by atoms with E-state index in [4.69, 9.17) is 14.9 Å². The maximum absolute atomic E-state index is 12.9. The van der Waals surface area contributed by atoms with Crippen LogP contribution in [0.25, 0.3) is 0 Å². The fraction of sp³-hybridized carbons (Fsp3) is 0.200. The molecule has 2 rings (SSSR count). The first-order valence-electron chi connectivity index (χ1n) is 6.44. The standard InChI is InChI=1S/C15H15FN2O4/c1-21-8-10-6-7-22-13(10)15(20)18-12(14(17)19)9-2-4-11(16)5-3-9/h2-7,12H,8H2,1H3,(H2,17,19)(H,18,20). The molecule has 0 saturated carbocycles. The molecule has 1 heterocycles. The van der Waals surface area contributed by atoms with Crippen molar-refractivity contribution in [1.29, 1.82) is 0 Å². The molecule has 1 unspecified atom stereocenters. The van der Waals surface area contributed by atoms with E-state index in [2.05, 4.69) is 5.32 Å². The highest BCUT2D eigenvalue weighted by atomic mass is 19.1. The number of ether oxygens (including phenoxy) is 1. The zero-order valence-electron chi connectivity index (χ0n) is 11.8. The number of amides is 2. The van der Waals surface area contributed by atoms with Crippen molar-refractivity contribution < 1.29 is 23.1 Å². The summed E-state index contributed by atoms with van der Waals surface area (Å²) < 4.78 is 23.0. The van der Waals surface area contributed by atoms with E-state index in [1.165, 1.54) is 37.6 Å². The van der Waals surface area contributed by atoms with Gasteiger partial charge in [0.15, 0.2) is 5.76 Å². The number of methoxy groups -OCH3 is 1. The van der Waals surface area contributed by atoms with Crippen LogP contribution in [0.2, 0.25) is 0 Å². The lowest BCUT2D eigenvalue weighted by atomic mass is 10.1. The van der Waals surface area contributed by atoms with Gasteiger partial charge in [-0.15, -0.1) is 0 Å². The molecule has 2 amide bonds. The van der Waals surface area contributed by atoms with Crippen LogP contribution in [0.1, 0.15) is 27.7 Å². The average Bonchev–Trinajstić information content (AvgIpc) is 2.94. The van der Waals surface area contributed by atoms with Gasteiger partial charge in [0.1, 0.15) is 11.9 Å². The number of hydrogen-bond donors (Lipinski definition) is 2. The van der Waals surface area contributed by atoms with Crippen LogP contribution in [0.3, 0.4) is 0 Å². The van der Waals surface area contributed by atoms with Gasteiger partial charge in [-0.1, -0.05) is 12.1 Å². The summed E-state index contributed by atoms with van der Waals surface area (Å²) in [5.74, 6) is -1.79. The van der Waals surface area contributed by atoms with E-state index in [0.717, 1.165) is 0 Å². The SMILES string of the molecule is COCc1ccoc1C(=O)NC(C(N)=O)c1ccc(F)cc1. The molecular formula is C15H15FN2O4. The smallest absolute Gasteiger partial charge is 0.288 e. The van der Waals surface area contributed by atoms with Crippen molar-refractivity contribution in [3.8, 4) is 0 Å². The average molecular weight is 306 g/mol. The first-order chi connectivity index (χ1) is 10.5. The quantitative estimate of drug-likeness (QED) is 0.846. The summed E-state index contributed by atoms with van der Waals surface area (Å²) in [5, 5.41) is 2.47. The lowest BCUT2D eigenvalue weighted by molar-refractivity contribution is -0.120. The van der Waals surface area contributed by atoms with Gasteiger partial charge in [0, 0.05) is 12.7 Å². The van der Waals surface area contributed by atoms with Gasteiger partial charge in [0.05, 0.1) is 12.9 Å². The van der Waals surface area contributed by atoms with Crippen LogP contribution in [0.5, 0.6) is 0 Å². The first-order valence-corrected chi connectivity index (χ1v) is 6.44. The molecule has 2 aromatic rings. The number of furan rings is 1. The van der Waals surface area contributed by atoms with Crippen LogP contribution in [0.15, 0.2) is 41.0 Å². The zero-order chi connectivity index (χ0) is 16.1. The first kappa shape index (κ1) is 15.7. The monoisotopic (exact) mass is 306 g/mol. The minimum absolute atomic E-state index is 0.0372. The van der Waals surface area contributed by atoms with E-state index in [9.17, 15) is 14.0 Å². The summed E-state index contributed by atoms with van der Waals surface area (Å²) in [6.07, 6.45) is 1.35. The van der Waals surface area contributed by atoms with Crippen molar-refractivity contribution in [3.63, 3.8) is 0 Å². The van der Waals surface area contributed by atoms with Gasteiger partial charge in [-0.25, -0.2) is 4.39 Å². The van der Waals surface area contributed by atoms with Gasteiger partial charge in [-0.2, -0.15) is 0 Å². The molecule has 3 N–H and O–H groups in total. The van der Waals surface area contributed by atoms with Gasteiger partial charge < -0.3 is 20.2 Å². The number of nitrogens with one attached hydrogen (secondary N) is 1. The Bertz CT molecular complexity index is 666. The number of carbonyl (C=O) groups is 2. The number of benzene rings is 1. The molecule has 1 atom stereocenters. The van der Waals surface area contributed by atoms with Crippen molar-refractivity contribution in [2.75, 3.05) is 7.11 Å². The predicted molar refractivity (Wildman–Crippen MR) is 75.2 cm³/mol. The third-order valence-corrected chi connectivity index (χ3v) is 3.02. The Morgan fingerprint density at radius 3 is 2.59 bits per heavy atom. The van der Waals surface area contributed by atoms with Gasteiger partial charge in [-0.05, 0) is 23.8 Å². The predicted octanol–water partition coefficient (Wildman–Crippen LogP) is 1.52. The number of hydrogen-bond acceptors (Lipinski definition) is 4. The van der Waals surface area contributed by atoms with Crippen LogP contribution in [0.4, 0.5) is 4.39 Å². The van der Waals surface area contributed by atoms with Gasteiger partial charge in [-0.3, -0.25) is 9.59 Å². The van der Waals surface area contributed by atoms with Crippen molar-refractivity contribution in [2.24, 2.45) is 5.73 Å². The van der Waals surface area contributed by atoms with Crippen LogP contribution < -0.4 is 11.1 Å². The number of rotatable bonds is 6. The molecule has 0 bridgehead atoms. The minimum Gasteiger partial charge on any atom is -0.459 e. The van der Waals surface area contributed by atoms with Crippen molar-refractivity contribution in [3.05, 3.63) is 59.3 Å². The van der Waals surface area contributed by atoms with Crippen LogP contribution in [-0.2, 0) is 16.1 Å². The summed E-state index contributed by atoms with van der Waals surface area (Å²) >= 11 is 0. The molecule has 116 valence electrons. The number of carbonyl (C=O) groups excluding carboxylic acids is 2. The molecule has 7 heteroatoms. The number of primary amides is 1. The largest absolute Gasteiger partial charge is 0.459 e. The second-order valence-electron chi connectivity index (χ2n) is 4.57. The van der Waals surface area contributed by atoms with Gasteiger partial charge in [0.2, 0.25) is 5.91 Å². The molecule has 0 aliphatic carbocycles. The molecule has 0 spiro atoms. The molecule has 0 fully saturated rings. The summed E-state index contributed by atoms with van der Waals surface area (Å²) in [6, 6.07) is 5.62. The Morgan fingerprint density at radius 1 is 1.32 bits per heavy atom. The van der Waals surface area contributed by atoms with Crippen LogP contribution >= 0.6 is 0 Å². The topological polar surface area (TPSA) is 94.6 Å². The fourth-order valence-corrected chi connectivity index (χ4v) is 1.97. The number of nitrogens with two attached hydrogens (primary N) is 1. The molecular weight excluding hydrogens is 291 g/mol. The molecule has 0 aliphatic rings. The lowest BCUT2D eigenvalue weighted by Gasteiger charge is -2.15. The minimum atomic E-state index is -1.09. The highest BCUT2D eigenvalue weighted by molar-refractivity contribution is 5.96. The Balaban J connectivity index is 2.20. The zero-order valence-corrected chi connectivity index (χ0v) is 11.8. The second kappa shape index (κ2) is 6.86. The van der Waals surface area contributed by atoms with E-state index in [0.29, 0.717) is 11.1 Å². The van der Waals surface area contributed by atoms with Crippen LogP contribution in [-0.4, -0.2) is 18.9 Å². The Hall–Kier alpha value is -2.67. The maximum atomic E-state index is 12.9. The third kappa shape index (κ3) is 3.50. The Labute approximate surface area is 126 Å². The molecule has 0 aliphatic heterocycles. The second-order valence-corrected chi connectivity index (χ2v) is 4.57. The maximum Gasteiger partial charge on any atom is 0.288 e. The highest BCUT2D eigenvalue weighted by Gasteiger charge is 2.24. The van der Waals surface area contributed by atoms with E-state index in [1.54, 1.807) is 6.07 Å². The van der Waals surface area contributed by atoms with E-state index < -0.39 is 23.7 Å². The third-order valence-electron chi connectivity index (χ3n) is 3.02. The van der Waals surface area contributed by atoms with Gasteiger partial charge in [0.25, 0.3) is 5.91 Å². The van der Waals surface area contributed by atoms with E-state index >= 15 is 0 Å². The molecule has 0 radical (unpaired) electrons. The molecule has 22 heavy (non-hydrogen) atoms. The molecule has 1 aromatic heterocycles. The highest BCUT2D eigenvalue weighted by Crippen LogP contribution is 2.17. The lowest BCUT2D eigenvalue weighted by Crippen LogP contribution is -2.37. The fourth-order valence-electron chi connectivity index (χ4n) is 1.97. The molecule has 6 nitrogen and oxygen atoms in total. The normalized spacial score (nSPS) is 11.9. The summed E-state index contributed by atoms with van der Waals surface area (Å²) in [7, 11) is 1.49. The molecule has 0 saturated heterocycles. The van der Waals surface area contributed by atoms with E-state index in [1.807, 2.05) is 0 Å².